The van der Waals surface area contributed by atoms with Crippen molar-refractivity contribution in [2.24, 2.45) is 13.0 Å². The van der Waals surface area contributed by atoms with Crippen LogP contribution in [0.3, 0.4) is 0 Å². The molecule has 0 saturated heterocycles. The minimum Gasteiger partial charge on any atom is -0.332 e. The number of fused-ring (bicyclic) bond motifs is 1. The molecule has 0 saturated carbocycles. The van der Waals surface area contributed by atoms with E-state index < -0.39 is 23.3 Å². The van der Waals surface area contributed by atoms with Gasteiger partial charge in [0.15, 0.2) is 17.5 Å². The number of nitrogens with zero attached hydrogens (tertiary/aromatic N) is 4. The standard InChI is InChI=1S/C18H13FN4O2/c1-10-7-13(12-4-3-11(19)8-15(12)22-10)16(24)14(9-20)17(25)18-21-5-6-23(18)2/h3-8,14H,1-2H3. The lowest BCUT2D eigenvalue weighted by Gasteiger charge is -2.11. The molecule has 6 nitrogen and oxygen atoms in total. The van der Waals surface area contributed by atoms with Crippen molar-refractivity contribution in [2.75, 3.05) is 0 Å². The van der Waals surface area contributed by atoms with E-state index in [1.807, 2.05) is 0 Å². The van der Waals surface area contributed by atoms with Gasteiger partial charge in [-0.05, 0) is 25.1 Å². The van der Waals surface area contributed by atoms with Crippen LogP contribution in [0.15, 0.2) is 36.7 Å². The molecule has 0 fully saturated rings. The van der Waals surface area contributed by atoms with E-state index in [0.29, 0.717) is 16.6 Å². The second-order valence-electron chi connectivity index (χ2n) is 5.63. The summed E-state index contributed by atoms with van der Waals surface area (Å²) in [7, 11) is 1.61. The number of rotatable bonds is 4. The predicted molar refractivity (Wildman–Crippen MR) is 87.4 cm³/mol. The Hall–Kier alpha value is -3.40. The van der Waals surface area contributed by atoms with Crippen LogP contribution in [0.1, 0.15) is 26.7 Å². The van der Waals surface area contributed by atoms with E-state index in [4.69, 9.17) is 0 Å². The Bertz CT molecular complexity index is 1040. The Morgan fingerprint density at radius 2 is 2.04 bits per heavy atom. The van der Waals surface area contributed by atoms with E-state index >= 15 is 0 Å². The smallest absolute Gasteiger partial charge is 0.223 e. The summed E-state index contributed by atoms with van der Waals surface area (Å²) in [6, 6.07) is 7.10. The number of halogens is 1. The second-order valence-corrected chi connectivity index (χ2v) is 5.63. The molecule has 0 aliphatic carbocycles. The molecule has 0 spiro atoms. The molecule has 0 N–H and O–H groups in total. The highest BCUT2D eigenvalue weighted by Gasteiger charge is 2.32. The number of imidazole rings is 1. The van der Waals surface area contributed by atoms with E-state index in [0.717, 1.165) is 0 Å². The third-order valence-electron chi connectivity index (χ3n) is 3.86. The normalized spacial score (nSPS) is 11.9. The summed E-state index contributed by atoms with van der Waals surface area (Å²) >= 11 is 0. The summed E-state index contributed by atoms with van der Waals surface area (Å²) in [6.45, 7) is 1.66. The minimum atomic E-state index is -1.53. The lowest BCUT2D eigenvalue weighted by Crippen LogP contribution is -2.25. The Morgan fingerprint density at radius 3 is 2.68 bits per heavy atom. The number of aryl methyl sites for hydroxylation is 2. The van der Waals surface area contributed by atoms with Gasteiger partial charge in [0, 0.05) is 42.2 Å². The number of Topliss-reactive ketones (excluding diaryl/α,β-unsaturated/α-hetero) is 2. The van der Waals surface area contributed by atoms with Gasteiger partial charge in [-0.3, -0.25) is 14.6 Å². The Morgan fingerprint density at radius 1 is 1.28 bits per heavy atom. The molecule has 1 aromatic carbocycles. The number of hydrogen-bond acceptors (Lipinski definition) is 5. The van der Waals surface area contributed by atoms with Gasteiger partial charge in [0.2, 0.25) is 5.78 Å². The highest BCUT2D eigenvalue weighted by molar-refractivity contribution is 6.20. The van der Waals surface area contributed by atoms with Crippen LogP contribution in [0.2, 0.25) is 0 Å². The zero-order chi connectivity index (χ0) is 18.1. The molecule has 7 heteroatoms. The molecule has 0 aliphatic rings. The molecule has 2 aromatic heterocycles. The summed E-state index contributed by atoms with van der Waals surface area (Å²) in [5.74, 6) is -3.32. The fraction of sp³-hybridized carbons (Fsp3) is 0.167. The van der Waals surface area contributed by atoms with Gasteiger partial charge in [-0.25, -0.2) is 9.37 Å². The summed E-state index contributed by atoms with van der Waals surface area (Å²) in [5, 5.41) is 9.79. The molecule has 0 aliphatic heterocycles. The Labute approximate surface area is 142 Å². The fourth-order valence-corrected chi connectivity index (χ4v) is 2.66. The topological polar surface area (TPSA) is 88.6 Å². The van der Waals surface area contributed by atoms with Gasteiger partial charge in [0.05, 0.1) is 11.6 Å². The maximum atomic E-state index is 13.4. The number of carbonyl (C=O) groups excluding carboxylic acids is 2. The number of ketones is 2. The molecule has 1 atom stereocenters. The second kappa shape index (κ2) is 6.24. The third-order valence-corrected chi connectivity index (χ3v) is 3.86. The molecule has 124 valence electrons. The first-order chi connectivity index (χ1) is 11.9. The van der Waals surface area contributed by atoms with E-state index in [1.54, 1.807) is 26.2 Å². The monoisotopic (exact) mass is 336 g/mol. The number of benzene rings is 1. The first-order valence-electron chi connectivity index (χ1n) is 7.44. The zero-order valence-electron chi connectivity index (χ0n) is 13.5. The average molecular weight is 336 g/mol. The first-order valence-corrected chi connectivity index (χ1v) is 7.44. The van der Waals surface area contributed by atoms with Crippen LogP contribution < -0.4 is 0 Å². The van der Waals surface area contributed by atoms with Crippen LogP contribution in [-0.2, 0) is 7.05 Å². The van der Waals surface area contributed by atoms with E-state index in [-0.39, 0.29) is 11.4 Å². The lowest BCUT2D eigenvalue weighted by atomic mass is 9.92. The van der Waals surface area contributed by atoms with Crippen LogP contribution in [0.4, 0.5) is 4.39 Å². The van der Waals surface area contributed by atoms with Crippen molar-refractivity contribution in [3.63, 3.8) is 0 Å². The number of nitriles is 1. The maximum Gasteiger partial charge on any atom is 0.223 e. The predicted octanol–water partition coefficient (Wildman–Crippen LogP) is 2.62. The van der Waals surface area contributed by atoms with Gasteiger partial charge < -0.3 is 4.57 Å². The van der Waals surface area contributed by atoms with Crippen LogP contribution >= 0.6 is 0 Å². The van der Waals surface area contributed by atoms with Crippen molar-refractivity contribution in [3.05, 3.63) is 59.6 Å². The number of carbonyl (C=O) groups is 2. The van der Waals surface area contributed by atoms with Gasteiger partial charge in [-0.15, -0.1) is 0 Å². The summed E-state index contributed by atoms with van der Waals surface area (Å²) in [5.41, 5.74) is 0.948. The van der Waals surface area contributed by atoms with Gasteiger partial charge in [-0.2, -0.15) is 5.26 Å². The minimum absolute atomic E-state index is 0.0287. The Balaban J connectivity index is 2.11. The molecule has 25 heavy (non-hydrogen) atoms. The molecule has 0 bridgehead atoms. The van der Waals surface area contributed by atoms with Crippen molar-refractivity contribution in [1.82, 2.24) is 14.5 Å². The van der Waals surface area contributed by atoms with Crippen molar-refractivity contribution in [2.45, 2.75) is 6.92 Å². The summed E-state index contributed by atoms with van der Waals surface area (Å²) < 4.78 is 14.9. The molecule has 1 unspecified atom stereocenters. The maximum absolute atomic E-state index is 13.4. The molecule has 2 heterocycles. The quantitative estimate of drug-likeness (QED) is 0.540. The van der Waals surface area contributed by atoms with Crippen molar-refractivity contribution in [1.29, 1.82) is 5.26 Å². The third kappa shape index (κ3) is 2.90. The number of pyridine rings is 1. The molecular formula is C18H13FN4O2. The highest BCUT2D eigenvalue weighted by atomic mass is 19.1. The van der Waals surface area contributed by atoms with Crippen LogP contribution in [-0.4, -0.2) is 26.1 Å². The summed E-state index contributed by atoms with van der Waals surface area (Å²) in [6.07, 6.45) is 2.97. The van der Waals surface area contributed by atoms with Gasteiger partial charge >= 0.3 is 0 Å². The molecule has 3 aromatic rings. The summed E-state index contributed by atoms with van der Waals surface area (Å²) in [4.78, 5) is 33.5. The number of hydrogen-bond donors (Lipinski definition) is 0. The lowest BCUT2D eigenvalue weighted by molar-refractivity contribution is 0.0839. The average Bonchev–Trinajstić information content (AvgIpc) is 3.00. The highest BCUT2D eigenvalue weighted by Crippen LogP contribution is 2.23. The first kappa shape index (κ1) is 16.5. The van der Waals surface area contributed by atoms with Crippen molar-refractivity contribution in [3.8, 4) is 6.07 Å². The largest absolute Gasteiger partial charge is 0.332 e. The molecular weight excluding hydrogens is 323 g/mol. The van der Waals surface area contributed by atoms with E-state index in [1.165, 1.54) is 35.0 Å². The van der Waals surface area contributed by atoms with Crippen LogP contribution in [0.5, 0.6) is 0 Å². The molecule has 0 amide bonds. The van der Waals surface area contributed by atoms with Crippen molar-refractivity contribution < 1.29 is 14.0 Å². The Kier molecular flexibility index (Phi) is 4.11. The SMILES string of the molecule is Cc1cc(C(=O)C(C#N)C(=O)c2nccn2C)c2ccc(F)cc2n1. The molecule has 3 rings (SSSR count). The van der Waals surface area contributed by atoms with Crippen LogP contribution in [0.25, 0.3) is 10.9 Å². The molecule has 0 radical (unpaired) electrons. The fourth-order valence-electron chi connectivity index (χ4n) is 2.66. The van der Waals surface area contributed by atoms with Crippen LogP contribution in [0, 0.1) is 30.0 Å². The zero-order valence-corrected chi connectivity index (χ0v) is 13.5. The van der Waals surface area contributed by atoms with E-state index in [9.17, 15) is 19.2 Å². The van der Waals surface area contributed by atoms with E-state index in [2.05, 4.69) is 9.97 Å². The van der Waals surface area contributed by atoms with Crippen molar-refractivity contribution >= 4 is 22.5 Å². The van der Waals surface area contributed by atoms with Gasteiger partial charge in [-0.1, -0.05) is 0 Å². The van der Waals surface area contributed by atoms with Gasteiger partial charge in [0.25, 0.3) is 0 Å². The van der Waals surface area contributed by atoms with Gasteiger partial charge in [0.1, 0.15) is 5.82 Å². The number of aromatic nitrogens is 3.